The van der Waals surface area contributed by atoms with Crippen LogP contribution in [0.15, 0.2) is 58.0 Å². The Kier molecular flexibility index (Phi) is 4.24. The quantitative estimate of drug-likeness (QED) is 0.688. The molecule has 2 aromatic heterocycles. The normalized spacial score (nSPS) is 10.6. The van der Waals surface area contributed by atoms with Crippen molar-refractivity contribution in [2.24, 2.45) is 0 Å². The summed E-state index contributed by atoms with van der Waals surface area (Å²) in [6, 6.07) is 10.2. The van der Waals surface area contributed by atoms with E-state index in [4.69, 9.17) is 4.52 Å². The van der Waals surface area contributed by atoms with Crippen molar-refractivity contribution in [1.82, 2.24) is 9.72 Å². The highest BCUT2D eigenvalue weighted by atomic mass is 19.1. The van der Waals surface area contributed by atoms with E-state index in [1.807, 2.05) is 0 Å². The van der Waals surface area contributed by atoms with E-state index in [9.17, 15) is 14.0 Å². The molecule has 0 aliphatic heterocycles. The van der Waals surface area contributed by atoms with Gasteiger partial charge in [-0.15, -0.1) is 0 Å². The molecule has 3 rings (SSSR count). The Hall–Kier alpha value is -3.22. The third kappa shape index (κ3) is 3.24. The van der Waals surface area contributed by atoms with Crippen LogP contribution in [0.3, 0.4) is 0 Å². The van der Waals surface area contributed by atoms with E-state index < -0.39 is 5.97 Å². The minimum absolute atomic E-state index is 0.109. The van der Waals surface area contributed by atoms with E-state index in [2.05, 4.69) is 9.89 Å². The van der Waals surface area contributed by atoms with Crippen LogP contribution in [0.5, 0.6) is 0 Å². The van der Waals surface area contributed by atoms with Crippen molar-refractivity contribution in [1.29, 1.82) is 0 Å². The molecule has 122 valence electrons. The van der Waals surface area contributed by atoms with Gasteiger partial charge in [0.1, 0.15) is 11.5 Å². The van der Waals surface area contributed by atoms with Crippen molar-refractivity contribution < 1.29 is 18.4 Å². The molecule has 0 unspecified atom stereocenters. The highest BCUT2D eigenvalue weighted by molar-refractivity contribution is 5.88. The molecule has 24 heavy (non-hydrogen) atoms. The highest BCUT2D eigenvalue weighted by Crippen LogP contribution is 2.19. The van der Waals surface area contributed by atoms with Crippen LogP contribution >= 0.6 is 0 Å². The van der Waals surface area contributed by atoms with Crippen LogP contribution in [0.4, 0.5) is 4.39 Å². The van der Waals surface area contributed by atoms with Crippen LogP contribution in [0, 0.1) is 5.82 Å². The lowest BCUT2D eigenvalue weighted by Crippen LogP contribution is -2.20. The molecule has 2 heterocycles. The molecular weight excluding hydrogens is 315 g/mol. The zero-order chi connectivity index (χ0) is 17.1. The molecule has 0 bridgehead atoms. The number of hydrogen-bond acceptors (Lipinski definition) is 5. The first kappa shape index (κ1) is 15.7. The van der Waals surface area contributed by atoms with E-state index in [1.54, 1.807) is 18.2 Å². The maximum absolute atomic E-state index is 13.0. The van der Waals surface area contributed by atoms with Gasteiger partial charge < -0.3 is 13.8 Å². The highest BCUT2D eigenvalue weighted by Gasteiger charge is 2.11. The zero-order valence-electron chi connectivity index (χ0n) is 12.7. The summed E-state index contributed by atoms with van der Waals surface area (Å²) in [6.45, 7) is 0.109. The first-order valence-electron chi connectivity index (χ1n) is 7.07. The van der Waals surface area contributed by atoms with Gasteiger partial charge in [0.25, 0.3) is 5.56 Å². The van der Waals surface area contributed by atoms with Gasteiger partial charge in [0.15, 0.2) is 5.76 Å². The lowest BCUT2D eigenvalue weighted by Gasteiger charge is -2.04. The van der Waals surface area contributed by atoms with Gasteiger partial charge >= 0.3 is 5.97 Å². The molecule has 0 fully saturated rings. The number of aromatic nitrogens is 2. The van der Waals surface area contributed by atoms with E-state index in [0.29, 0.717) is 17.0 Å². The molecule has 0 aliphatic rings. The number of methoxy groups -OCH3 is 1. The fourth-order valence-electron chi connectivity index (χ4n) is 2.21. The minimum atomic E-state index is -0.534. The molecule has 3 aromatic rings. The average Bonchev–Trinajstić information content (AvgIpc) is 3.05. The predicted molar refractivity (Wildman–Crippen MR) is 83.0 cm³/mol. The Bertz CT molecular complexity index is 928. The van der Waals surface area contributed by atoms with Gasteiger partial charge in [-0.1, -0.05) is 5.16 Å². The van der Waals surface area contributed by atoms with E-state index in [-0.39, 0.29) is 23.5 Å². The second-order valence-corrected chi connectivity index (χ2v) is 5.06. The van der Waals surface area contributed by atoms with Crippen LogP contribution < -0.4 is 5.56 Å². The number of benzene rings is 1. The zero-order valence-corrected chi connectivity index (χ0v) is 12.7. The maximum Gasteiger partial charge on any atom is 0.339 e. The number of carbonyl (C=O) groups is 1. The SMILES string of the molecule is COC(=O)c1ccc(=O)n(Cc2cc(-c3ccc(F)cc3)no2)c1. The lowest BCUT2D eigenvalue weighted by molar-refractivity contribution is 0.0599. The summed E-state index contributed by atoms with van der Waals surface area (Å²) in [7, 11) is 1.27. The number of halogens is 1. The topological polar surface area (TPSA) is 74.3 Å². The van der Waals surface area contributed by atoms with E-state index >= 15 is 0 Å². The van der Waals surface area contributed by atoms with Gasteiger partial charge in [0, 0.05) is 23.9 Å². The molecule has 0 atom stereocenters. The fourth-order valence-corrected chi connectivity index (χ4v) is 2.21. The third-order valence-electron chi connectivity index (χ3n) is 3.43. The number of hydrogen-bond donors (Lipinski definition) is 0. The fraction of sp³-hybridized carbons (Fsp3) is 0.118. The maximum atomic E-state index is 13.0. The van der Waals surface area contributed by atoms with Gasteiger partial charge in [-0.25, -0.2) is 9.18 Å². The van der Waals surface area contributed by atoms with Crippen LogP contribution in [0.1, 0.15) is 16.1 Å². The monoisotopic (exact) mass is 328 g/mol. The molecule has 0 spiro atoms. The second-order valence-electron chi connectivity index (χ2n) is 5.06. The summed E-state index contributed by atoms with van der Waals surface area (Å²) in [4.78, 5) is 23.5. The summed E-state index contributed by atoms with van der Waals surface area (Å²) in [5.41, 5.74) is 1.20. The van der Waals surface area contributed by atoms with Crippen molar-refractivity contribution >= 4 is 5.97 Å². The van der Waals surface area contributed by atoms with E-state index in [0.717, 1.165) is 0 Å². The Balaban J connectivity index is 1.86. The Morgan fingerprint density at radius 1 is 1.25 bits per heavy atom. The van der Waals surface area contributed by atoms with Crippen LogP contribution in [-0.4, -0.2) is 22.8 Å². The molecule has 0 N–H and O–H groups in total. The van der Waals surface area contributed by atoms with Crippen LogP contribution in [0.2, 0.25) is 0 Å². The van der Waals surface area contributed by atoms with Crippen molar-refractivity contribution in [2.45, 2.75) is 6.54 Å². The summed E-state index contributed by atoms with van der Waals surface area (Å²) in [5, 5.41) is 3.91. The van der Waals surface area contributed by atoms with Crippen LogP contribution in [-0.2, 0) is 11.3 Å². The Morgan fingerprint density at radius 2 is 2.00 bits per heavy atom. The minimum Gasteiger partial charge on any atom is -0.465 e. The molecule has 0 saturated heterocycles. The number of ether oxygens (including phenoxy) is 1. The predicted octanol–water partition coefficient (Wildman–Crippen LogP) is 2.48. The van der Waals surface area contributed by atoms with Gasteiger partial charge in [0.2, 0.25) is 0 Å². The lowest BCUT2D eigenvalue weighted by atomic mass is 10.1. The van der Waals surface area contributed by atoms with Crippen LogP contribution in [0.25, 0.3) is 11.3 Å². The largest absolute Gasteiger partial charge is 0.465 e. The standard InChI is InChI=1S/C17H13FN2O4/c1-23-17(22)12-4-7-16(21)20(9-12)10-14-8-15(19-24-14)11-2-5-13(18)6-3-11/h2-9H,10H2,1H3. The Morgan fingerprint density at radius 3 is 2.71 bits per heavy atom. The molecule has 0 saturated carbocycles. The van der Waals surface area contributed by atoms with E-state index in [1.165, 1.54) is 42.1 Å². The van der Waals surface area contributed by atoms with Crippen molar-refractivity contribution in [3.63, 3.8) is 0 Å². The van der Waals surface area contributed by atoms with Crippen molar-refractivity contribution in [3.8, 4) is 11.3 Å². The summed E-state index contributed by atoms with van der Waals surface area (Å²) in [6.07, 6.45) is 1.40. The number of rotatable bonds is 4. The first-order valence-corrected chi connectivity index (χ1v) is 7.07. The smallest absolute Gasteiger partial charge is 0.339 e. The van der Waals surface area contributed by atoms with Gasteiger partial charge in [0.05, 0.1) is 19.2 Å². The average molecular weight is 328 g/mol. The van der Waals surface area contributed by atoms with Gasteiger partial charge in [-0.3, -0.25) is 4.79 Å². The van der Waals surface area contributed by atoms with Gasteiger partial charge in [-0.2, -0.15) is 0 Å². The number of carbonyl (C=O) groups excluding carboxylic acids is 1. The second kappa shape index (κ2) is 6.49. The summed E-state index contributed by atoms with van der Waals surface area (Å²) < 4.78 is 24.1. The first-order chi connectivity index (χ1) is 11.6. The molecular formula is C17H13FN2O4. The molecule has 1 aromatic carbocycles. The molecule has 7 heteroatoms. The third-order valence-corrected chi connectivity index (χ3v) is 3.43. The number of esters is 1. The molecule has 0 aliphatic carbocycles. The molecule has 0 amide bonds. The Labute approximate surface area is 136 Å². The molecule has 0 radical (unpaired) electrons. The van der Waals surface area contributed by atoms with Crippen molar-refractivity contribution in [3.05, 3.63) is 76.2 Å². The summed E-state index contributed by atoms with van der Waals surface area (Å²) >= 11 is 0. The number of nitrogens with zero attached hydrogens (tertiary/aromatic N) is 2. The molecule has 6 nitrogen and oxygen atoms in total. The van der Waals surface area contributed by atoms with Crippen molar-refractivity contribution in [2.75, 3.05) is 7.11 Å². The number of pyridine rings is 1. The van der Waals surface area contributed by atoms with Gasteiger partial charge in [-0.05, 0) is 30.3 Å². The summed E-state index contributed by atoms with van der Waals surface area (Å²) in [5.74, 6) is -0.444.